The van der Waals surface area contributed by atoms with E-state index in [1.54, 1.807) is 0 Å². The highest BCUT2D eigenvalue weighted by molar-refractivity contribution is 5.73. The van der Waals surface area contributed by atoms with Gasteiger partial charge < -0.3 is 14.2 Å². The van der Waals surface area contributed by atoms with Gasteiger partial charge in [0.1, 0.15) is 11.5 Å². The first-order valence-electron chi connectivity index (χ1n) is 5.11. The fourth-order valence-electron chi connectivity index (χ4n) is 1.33. The minimum atomic E-state index is -4.94. The summed E-state index contributed by atoms with van der Waals surface area (Å²) in [5.74, 6) is -1.91. The van der Waals surface area contributed by atoms with E-state index in [9.17, 15) is 26.7 Å². The molecule has 0 saturated carbocycles. The van der Waals surface area contributed by atoms with Crippen LogP contribution in [0.2, 0.25) is 0 Å². The van der Waals surface area contributed by atoms with Crippen molar-refractivity contribution in [2.45, 2.75) is 19.4 Å². The highest BCUT2D eigenvalue weighted by Crippen LogP contribution is 2.29. The molecule has 0 aromatic heterocycles. The van der Waals surface area contributed by atoms with Gasteiger partial charge in [0.2, 0.25) is 0 Å². The van der Waals surface area contributed by atoms with E-state index >= 15 is 0 Å². The van der Waals surface area contributed by atoms with E-state index in [2.05, 4.69) is 14.2 Å². The van der Waals surface area contributed by atoms with Gasteiger partial charge >= 0.3 is 18.9 Å². The first-order chi connectivity index (χ1) is 9.21. The van der Waals surface area contributed by atoms with Crippen LogP contribution in [0.3, 0.4) is 0 Å². The first kappa shape index (κ1) is 16.0. The van der Waals surface area contributed by atoms with Gasteiger partial charge in [0.15, 0.2) is 0 Å². The summed E-state index contributed by atoms with van der Waals surface area (Å²) in [5.41, 5.74) is -0.209. The summed E-state index contributed by atoms with van der Waals surface area (Å²) in [4.78, 5) is 11.1. The Balaban J connectivity index is 3.04. The SMILES string of the molecule is COC(=O)Cc1cc(OC(F)(F)F)ccc1OC(F)F. The number of halogens is 5. The van der Waals surface area contributed by atoms with Gasteiger partial charge in [0.05, 0.1) is 13.5 Å². The van der Waals surface area contributed by atoms with Crippen molar-refractivity contribution in [1.29, 1.82) is 0 Å². The standard InChI is InChI=1S/C11H9F5O4/c1-18-9(17)5-6-4-7(20-11(14,15)16)2-3-8(6)19-10(12)13/h2-4,10H,5H2,1H3. The molecule has 1 aromatic rings. The van der Waals surface area contributed by atoms with Gasteiger partial charge in [-0.15, -0.1) is 13.2 Å². The zero-order chi connectivity index (χ0) is 15.3. The van der Waals surface area contributed by atoms with Crippen LogP contribution in [-0.2, 0) is 16.0 Å². The molecule has 0 aliphatic carbocycles. The molecule has 0 N–H and O–H groups in total. The van der Waals surface area contributed by atoms with E-state index in [0.717, 1.165) is 25.3 Å². The molecule has 0 fully saturated rings. The van der Waals surface area contributed by atoms with Gasteiger partial charge in [0.25, 0.3) is 0 Å². The second-order valence-electron chi connectivity index (χ2n) is 3.45. The van der Waals surface area contributed by atoms with Gasteiger partial charge in [-0.25, -0.2) is 0 Å². The Morgan fingerprint density at radius 3 is 2.45 bits per heavy atom. The lowest BCUT2D eigenvalue weighted by atomic mass is 10.1. The van der Waals surface area contributed by atoms with E-state index < -0.39 is 36.9 Å². The van der Waals surface area contributed by atoms with Crippen molar-refractivity contribution in [3.63, 3.8) is 0 Å². The Morgan fingerprint density at radius 2 is 1.95 bits per heavy atom. The molecular formula is C11H9F5O4. The maximum Gasteiger partial charge on any atom is 0.573 e. The second kappa shape index (κ2) is 6.40. The average molecular weight is 300 g/mol. The van der Waals surface area contributed by atoms with Crippen molar-refractivity contribution in [2.75, 3.05) is 7.11 Å². The minimum absolute atomic E-state index is 0.209. The van der Waals surface area contributed by atoms with Crippen molar-refractivity contribution in [2.24, 2.45) is 0 Å². The predicted octanol–water partition coefficient (Wildman–Crippen LogP) is 2.90. The lowest BCUT2D eigenvalue weighted by Crippen LogP contribution is -2.17. The first-order valence-corrected chi connectivity index (χ1v) is 5.11. The molecule has 1 aromatic carbocycles. The second-order valence-corrected chi connectivity index (χ2v) is 3.45. The van der Waals surface area contributed by atoms with E-state index in [0.29, 0.717) is 0 Å². The van der Waals surface area contributed by atoms with Crippen molar-refractivity contribution in [1.82, 2.24) is 0 Å². The zero-order valence-electron chi connectivity index (χ0n) is 10.0. The van der Waals surface area contributed by atoms with Crippen molar-refractivity contribution >= 4 is 5.97 Å². The fraction of sp³-hybridized carbons (Fsp3) is 0.364. The van der Waals surface area contributed by atoms with Gasteiger partial charge in [-0.2, -0.15) is 8.78 Å². The molecule has 4 nitrogen and oxygen atoms in total. The molecule has 0 saturated heterocycles. The van der Waals surface area contributed by atoms with Crippen LogP contribution >= 0.6 is 0 Å². The van der Waals surface area contributed by atoms with E-state index in [4.69, 9.17) is 0 Å². The topological polar surface area (TPSA) is 44.8 Å². The smallest absolute Gasteiger partial charge is 0.469 e. The number of hydrogen-bond donors (Lipinski definition) is 0. The average Bonchev–Trinajstić information content (AvgIpc) is 2.29. The summed E-state index contributed by atoms with van der Waals surface area (Å²) >= 11 is 0. The van der Waals surface area contributed by atoms with Crippen LogP contribution in [0.5, 0.6) is 11.5 Å². The number of methoxy groups -OCH3 is 1. The summed E-state index contributed by atoms with van der Waals surface area (Å²) in [6.45, 7) is -3.18. The molecule has 20 heavy (non-hydrogen) atoms. The predicted molar refractivity (Wildman–Crippen MR) is 55.5 cm³/mol. The normalized spacial score (nSPS) is 11.3. The third-order valence-corrected chi connectivity index (χ3v) is 2.04. The summed E-state index contributed by atoms with van der Waals surface area (Å²) in [6, 6.07) is 2.43. The quantitative estimate of drug-likeness (QED) is 0.619. The molecule has 0 heterocycles. The molecule has 0 aliphatic heterocycles. The van der Waals surface area contributed by atoms with Crippen LogP contribution in [0, 0.1) is 0 Å². The number of benzene rings is 1. The maximum absolute atomic E-state index is 12.1. The highest BCUT2D eigenvalue weighted by Gasteiger charge is 2.31. The molecule has 112 valence electrons. The number of ether oxygens (including phenoxy) is 3. The molecule has 0 amide bonds. The highest BCUT2D eigenvalue weighted by atomic mass is 19.4. The lowest BCUT2D eigenvalue weighted by molar-refractivity contribution is -0.274. The Labute approximate surface area is 110 Å². The number of carbonyl (C=O) groups excluding carboxylic acids is 1. The summed E-state index contributed by atoms with van der Waals surface area (Å²) in [5, 5.41) is 0. The zero-order valence-corrected chi connectivity index (χ0v) is 10.0. The van der Waals surface area contributed by atoms with Gasteiger partial charge in [-0.1, -0.05) is 0 Å². The van der Waals surface area contributed by atoms with Gasteiger partial charge in [0, 0.05) is 5.56 Å². The van der Waals surface area contributed by atoms with Crippen LogP contribution in [0.25, 0.3) is 0 Å². The van der Waals surface area contributed by atoms with E-state index in [-0.39, 0.29) is 5.56 Å². The summed E-state index contributed by atoms with van der Waals surface area (Å²) in [7, 11) is 1.05. The van der Waals surface area contributed by atoms with Gasteiger partial charge in [-0.3, -0.25) is 4.79 Å². The summed E-state index contributed by atoms with van der Waals surface area (Å²) < 4.78 is 72.5. The Morgan fingerprint density at radius 1 is 1.30 bits per heavy atom. The van der Waals surface area contributed by atoms with Crippen molar-refractivity contribution < 1.29 is 41.0 Å². The molecule has 9 heteroatoms. The number of rotatable bonds is 5. The third-order valence-electron chi connectivity index (χ3n) is 2.04. The van der Waals surface area contributed by atoms with Crippen LogP contribution in [0.15, 0.2) is 18.2 Å². The van der Waals surface area contributed by atoms with E-state index in [1.807, 2.05) is 0 Å². The Bertz CT molecular complexity index is 472. The third kappa shape index (κ3) is 5.29. The van der Waals surface area contributed by atoms with Crippen LogP contribution in [0.4, 0.5) is 22.0 Å². The fourth-order valence-corrected chi connectivity index (χ4v) is 1.33. The molecule has 0 unspecified atom stereocenters. The largest absolute Gasteiger partial charge is 0.573 e. The number of hydrogen-bond acceptors (Lipinski definition) is 4. The van der Waals surface area contributed by atoms with Crippen LogP contribution in [0.1, 0.15) is 5.56 Å². The van der Waals surface area contributed by atoms with Crippen molar-refractivity contribution in [3.05, 3.63) is 23.8 Å². The molecule has 0 spiro atoms. The van der Waals surface area contributed by atoms with E-state index in [1.165, 1.54) is 0 Å². The van der Waals surface area contributed by atoms with Crippen LogP contribution < -0.4 is 9.47 Å². The maximum atomic E-state index is 12.1. The molecule has 1 rings (SSSR count). The molecule has 0 aliphatic rings. The van der Waals surface area contributed by atoms with Crippen molar-refractivity contribution in [3.8, 4) is 11.5 Å². The molecule has 0 radical (unpaired) electrons. The molecule has 0 atom stereocenters. The number of esters is 1. The monoisotopic (exact) mass is 300 g/mol. The molecule has 0 bridgehead atoms. The Hall–Kier alpha value is -2.06. The minimum Gasteiger partial charge on any atom is -0.469 e. The summed E-state index contributed by atoms with van der Waals surface area (Å²) in [6.07, 6.45) is -5.47. The van der Waals surface area contributed by atoms with Crippen LogP contribution in [-0.4, -0.2) is 26.1 Å². The van der Waals surface area contributed by atoms with Gasteiger partial charge in [-0.05, 0) is 18.2 Å². The number of alkyl halides is 5. The lowest BCUT2D eigenvalue weighted by Gasteiger charge is -2.13. The Kier molecular flexibility index (Phi) is 5.12. The molecular weight excluding hydrogens is 291 g/mol. The number of carbonyl (C=O) groups is 1.